The molecule has 0 saturated carbocycles. The van der Waals surface area contributed by atoms with Crippen LogP contribution in [0.25, 0.3) is 11.0 Å². The predicted octanol–water partition coefficient (Wildman–Crippen LogP) is 2.23. The normalized spacial score (nSPS) is 18.2. The number of aromatic nitrogens is 3. The number of benzene rings is 1. The Morgan fingerprint density at radius 3 is 3.00 bits per heavy atom. The molecule has 3 aromatic rings. The fourth-order valence-corrected chi connectivity index (χ4v) is 2.69. The van der Waals surface area contributed by atoms with Crippen LogP contribution < -0.4 is 10.2 Å². The quantitative estimate of drug-likeness (QED) is 0.755. The summed E-state index contributed by atoms with van der Waals surface area (Å²) >= 11 is 0. The summed E-state index contributed by atoms with van der Waals surface area (Å²) < 4.78 is 0. The summed E-state index contributed by atoms with van der Waals surface area (Å²) in [5.74, 6) is 0.655. The first kappa shape index (κ1) is 11.9. The van der Waals surface area contributed by atoms with Crippen molar-refractivity contribution in [1.29, 1.82) is 0 Å². The van der Waals surface area contributed by atoms with Crippen molar-refractivity contribution in [2.45, 2.75) is 6.04 Å². The van der Waals surface area contributed by atoms with E-state index in [0.29, 0.717) is 12.4 Å². The molecule has 0 aliphatic carbocycles. The number of hydrogen-bond donors (Lipinski definition) is 2. The van der Waals surface area contributed by atoms with Crippen molar-refractivity contribution >= 4 is 22.9 Å². The van der Waals surface area contributed by atoms with Gasteiger partial charge in [-0.25, -0.2) is 14.8 Å². The summed E-state index contributed by atoms with van der Waals surface area (Å²) in [5, 5.41) is 2.88. The van der Waals surface area contributed by atoms with Crippen LogP contribution in [0.15, 0.2) is 48.9 Å². The van der Waals surface area contributed by atoms with E-state index in [1.54, 1.807) is 17.4 Å². The van der Waals surface area contributed by atoms with E-state index in [4.69, 9.17) is 0 Å². The molecule has 4 rings (SSSR count). The van der Waals surface area contributed by atoms with E-state index in [-0.39, 0.29) is 12.1 Å². The summed E-state index contributed by atoms with van der Waals surface area (Å²) in [5.41, 5.74) is 2.93. The van der Waals surface area contributed by atoms with E-state index in [1.165, 1.54) is 0 Å². The van der Waals surface area contributed by atoms with Gasteiger partial charge in [0.1, 0.15) is 5.82 Å². The van der Waals surface area contributed by atoms with Crippen LogP contribution in [0.5, 0.6) is 0 Å². The number of amides is 2. The van der Waals surface area contributed by atoms with Gasteiger partial charge in [0.2, 0.25) is 0 Å². The molecule has 2 amide bonds. The molecule has 104 valence electrons. The van der Waals surface area contributed by atoms with Gasteiger partial charge in [0.05, 0.1) is 23.4 Å². The molecule has 3 heterocycles. The highest BCUT2D eigenvalue weighted by molar-refractivity contribution is 5.94. The highest BCUT2D eigenvalue weighted by atomic mass is 16.2. The minimum atomic E-state index is -0.122. The smallest absolute Gasteiger partial charge is 0.323 e. The number of nitrogens with one attached hydrogen (secondary N) is 2. The number of hydrogen-bond acceptors (Lipinski definition) is 3. The zero-order chi connectivity index (χ0) is 14.2. The minimum absolute atomic E-state index is 0.0694. The third-order valence-electron chi connectivity index (χ3n) is 3.70. The lowest BCUT2D eigenvalue weighted by atomic mass is 10.1. The molecule has 0 spiro atoms. The van der Waals surface area contributed by atoms with Crippen LogP contribution in [0.2, 0.25) is 0 Å². The summed E-state index contributed by atoms with van der Waals surface area (Å²) in [6.07, 6.45) is 3.36. The first-order valence-electron chi connectivity index (χ1n) is 6.74. The Balaban J connectivity index is 1.77. The standard InChI is InChI=1S/C15H13N5O/c21-15-17-8-13(20(15)14-3-1-2-6-16-14)10-4-5-11-12(7-10)19-9-18-11/h1-7,9,13H,8H2,(H,17,21)(H,18,19). The number of fused-ring (bicyclic) bond motifs is 1. The second-order valence-electron chi connectivity index (χ2n) is 4.94. The van der Waals surface area contributed by atoms with Gasteiger partial charge < -0.3 is 10.3 Å². The van der Waals surface area contributed by atoms with E-state index in [2.05, 4.69) is 20.3 Å². The van der Waals surface area contributed by atoms with Crippen LogP contribution in [-0.2, 0) is 0 Å². The summed E-state index contributed by atoms with van der Waals surface area (Å²) in [6, 6.07) is 11.4. The van der Waals surface area contributed by atoms with Gasteiger partial charge >= 0.3 is 6.03 Å². The van der Waals surface area contributed by atoms with Crippen molar-refractivity contribution in [3.8, 4) is 0 Å². The molecule has 6 heteroatoms. The maximum Gasteiger partial charge on any atom is 0.323 e. The average Bonchev–Trinajstić information content (AvgIpc) is 3.13. The highest BCUT2D eigenvalue weighted by Crippen LogP contribution is 2.30. The van der Waals surface area contributed by atoms with Crippen molar-refractivity contribution in [3.05, 3.63) is 54.5 Å². The van der Waals surface area contributed by atoms with Crippen molar-refractivity contribution in [2.24, 2.45) is 0 Å². The van der Waals surface area contributed by atoms with Gasteiger partial charge in [-0.3, -0.25) is 4.90 Å². The largest absolute Gasteiger partial charge is 0.345 e. The zero-order valence-corrected chi connectivity index (χ0v) is 11.2. The molecule has 1 unspecified atom stereocenters. The fourth-order valence-electron chi connectivity index (χ4n) is 2.69. The first-order chi connectivity index (χ1) is 10.3. The lowest BCUT2D eigenvalue weighted by Crippen LogP contribution is -2.30. The molecular weight excluding hydrogens is 266 g/mol. The number of imidazole rings is 1. The molecule has 0 bridgehead atoms. The monoisotopic (exact) mass is 279 g/mol. The zero-order valence-electron chi connectivity index (χ0n) is 11.2. The number of carbonyl (C=O) groups is 1. The highest BCUT2D eigenvalue weighted by Gasteiger charge is 2.33. The molecule has 1 saturated heterocycles. The van der Waals surface area contributed by atoms with E-state index in [0.717, 1.165) is 16.6 Å². The van der Waals surface area contributed by atoms with Gasteiger partial charge in [-0.15, -0.1) is 0 Å². The fraction of sp³-hybridized carbons (Fsp3) is 0.133. The van der Waals surface area contributed by atoms with E-state index < -0.39 is 0 Å². The summed E-state index contributed by atoms with van der Waals surface area (Å²) in [6.45, 7) is 0.565. The molecule has 1 aliphatic heterocycles. The summed E-state index contributed by atoms with van der Waals surface area (Å²) in [4.78, 5) is 25.4. The molecule has 1 fully saturated rings. The second-order valence-corrected chi connectivity index (χ2v) is 4.94. The van der Waals surface area contributed by atoms with Gasteiger partial charge in [0.25, 0.3) is 0 Å². The van der Waals surface area contributed by atoms with E-state index >= 15 is 0 Å². The van der Waals surface area contributed by atoms with Gasteiger partial charge in [-0.2, -0.15) is 0 Å². The number of nitrogens with zero attached hydrogens (tertiary/aromatic N) is 3. The van der Waals surface area contributed by atoms with Gasteiger partial charge in [0, 0.05) is 12.7 Å². The van der Waals surface area contributed by atoms with E-state index in [9.17, 15) is 4.79 Å². The Hall–Kier alpha value is -2.89. The number of rotatable bonds is 2. The lowest BCUT2D eigenvalue weighted by Gasteiger charge is -2.22. The topological polar surface area (TPSA) is 73.9 Å². The summed E-state index contributed by atoms with van der Waals surface area (Å²) in [7, 11) is 0. The Bertz CT molecular complexity index is 798. The number of urea groups is 1. The van der Waals surface area contributed by atoms with Crippen LogP contribution in [0.4, 0.5) is 10.6 Å². The van der Waals surface area contributed by atoms with Gasteiger partial charge in [0.15, 0.2) is 0 Å². The Kier molecular flexibility index (Phi) is 2.60. The molecular formula is C15H13N5O. The van der Waals surface area contributed by atoms with Crippen LogP contribution in [0, 0.1) is 0 Å². The van der Waals surface area contributed by atoms with Crippen LogP contribution in [0.1, 0.15) is 11.6 Å². The number of anilines is 1. The van der Waals surface area contributed by atoms with Crippen molar-refractivity contribution in [3.63, 3.8) is 0 Å². The molecule has 1 atom stereocenters. The molecule has 0 radical (unpaired) electrons. The predicted molar refractivity (Wildman–Crippen MR) is 78.9 cm³/mol. The number of pyridine rings is 1. The van der Waals surface area contributed by atoms with Crippen LogP contribution in [-0.4, -0.2) is 27.5 Å². The van der Waals surface area contributed by atoms with Gasteiger partial charge in [-0.1, -0.05) is 12.1 Å². The molecule has 2 aromatic heterocycles. The number of carbonyl (C=O) groups excluding carboxylic acids is 1. The minimum Gasteiger partial charge on any atom is -0.345 e. The van der Waals surface area contributed by atoms with Crippen LogP contribution >= 0.6 is 0 Å². The molecule has 1 aromatic carbocycles. The Morgan fingerprint density at radius 2 is 2.14 bits per heavy atom. The maximum atomic E-state index is 12.1. The second kappa shape index (κ2) is 4.59. The third kappa shape index (κ3) is 1.92. The molecule has 1 aliphatic rings. The van der Waals surface area contributed by atoms with Crippen molar-refractivity contribution in [1.82, 2.24) is 20.3 Å². The third-order valence-corrected chi connectivity index (χ3v) is 3.70. The Morgan fingerprint density at radius 1 is 1.19 bits per heavy atom. The van der Waals surface area contributed by atoms with Gasteiger partial charge in [-0.05, 0) is 29.8 Å². The SMILES string of the molecule is O=C1NCC(c2ccc3nc[nH]c3c2)N1c1ccccn1. The van der Waals surface area contributed by atoms with Crippen LogP contribution in [0.3, 0.4) is 0 Å². The first-order valence-corrected chi connectivity index (χ1v) is 6.74. The number of H-pyrrole nitrogens is 1. The number of aromatic amines is 1. The van der Waals surface area contributed by atoms with Crippen molar-refractivity contribution < 1.29 is 4.79 Å². The molecule has 6 nitrogen and oxygen atoms in total. The average molecular weight is 279 g/mol. The Labute approximate surface area is 120 Å². The maximum absolute atomic E-state index is 12.1. The molecule has 21 heavy (non-hydrogen) atoms. The molecule has 2 N–H and O–H groups in total. The van der Waals surface area contributed by atoms with Crippen molar-refractivity contribution in [2.75, 3.05) is 11.4 Å². The van der Waals surface area contributed by atoms with E-state index in [1.807, 2.05) is 36.4 Å². The lowest BCUT2D eigenvalue weighted by molar-refractivity contribution is 0.251.